The van der Waals surface area contributed by atoms with Gasteiger partial charge in [0, 0.05) is 37.8 Å². The lowest BCUT2D eigenvalue weighted by molar-refractivity contribution is -0.120. The summed E-state index contributed by atoms with van der Waals surface area (Å²) in [6.07, 6.45) is 0. The predicted molar refractivity (Wildman–Crippen MR) is 121 cm³/mol. The van der Waals surface area contributed by atoms with Crippen molar-refractivity contribution < 1.29 is 23.8 Å². The highest BCUT2D eigenvalue weighted by Crippen LogP contribution is 2.42. The van der Waals surface area contributed by atoms with Gasteiger partial charge in [0.05, 0.1) is 32.6 Å². The highest BCUT2D eigenvalue weighted by atomic mass is 16.5. The quantitative estimate of drug-likeness (QED) is 0.642. The Hall–Kier alpha value is -3.52. The summed E-state index contributed by atoms with van der Waals surface area (Å²) in [5.74, 6) is 0.668. The number of methoxy groups -OCH3 is 3. The molecule has 0 aliphatic carbocycles. The summed E-state index contributed by atoms with van der Waals surface area (Å²) < 4.78 is 16.3. The molecule has 8 heteroatoms. The van der Waals surface area contributed by atoms with Crippen molar-refractivity contribution in [3.63, 3.8) is 0 Å². The number of piperazine rings is 1. The zero-order chi connectivity index (χ0) is 22.8. The topological polar surface area (TPSA) is 71.6 Å². The minimum absolute atomic E-state index is 0.335. The fourth-order valence-electron chi connectivity index (χ4n) is 4.13. The first kappa shape index (κ1) is 21.7. The summed E-state index contributed by atoms with van der Waals surface area (Å²) in [4.78, 5) is 33.0. The van der Waals surface area contributed by atoms with Gasteiger partial charge in [-0.2, -0.15) is 0 Å². The van der Waals surface area contributed by atoms with E-state index in [1.165, 1.54) is 19.1 Å². The van der Waals surface area contributed by atoms with Crippen LogP contribution >= 0.6 is 0 Å². The molecule has 2 aromatic carbocycles. The number of hydrogen-bond donors (Lipinski definition) is 0. The van der Waals surface area contributed by atoms with Crippen LogP contribution in [0.2, 0.25) is 0 Å². The Bertz CT molecular complexity index is 1070. The molecular weight excluding hydrogens is 410 g/mol. The maximum absolute atomic E-state index is 13.8. The molecule has 1 fully saturated rings. The van der Waals surface area contributed by atoms with Crippen molar-refractivity contribution in [3.05, 3.63) is 53.7 Å². The molecule has 4 rings (SSSR count). The molecule has 168 valence electrons. The van der Waals surface area contributed by atoms with E-state index in [-0.39, 0.29) is 5.91 Å². The van der Waals surface area contributed by atoms with Gasteiger partial charge < -0.3 is 24.0 Å². The summed E-state index contributed by atoms with van der Waals surface area (Å²) >= 11 is 0. The maximum Gasteiger partial charge on any atom is 0.282 e. The molecule has 0 spiro atoms. The molecule has 2 heterocycles. The van der Waals surface area contributed by atoms with Crippen LogP contribution in [0.4, 0.5) is 5.69 Å². The van der Waals surface area contributed by atoms with Crippen LogP contribution in [0, 0.1) is 0 Å². The SMILES string of the molecule is COc1ccc(OC)c(N2C(=O)C(c3ccccc3OC)=C(N3CCN(C)CC3)C2=O)c1. The number of carbonyl (C=O) groups is 2. The molecule has 2 amide bonds. The normalized spacial score (nSPS) is 17.2. The molecule has 0 bridgehead atoms. The number of ether oxygens (including phenoxy) is 3. The molecule has 0 atom stereocenters. The lowest BCUT2D eigenvalue weighted by Gasteiger charge is -2.34. The molecule has 1 saturated heterocycles. The van der Waals surface area contributed by atoms with E-state index in [0.29, 0.717) is 52.9 Å². The molecule has 0 aromatic heterocycles. The number of para-hydroxylation sites is 1. The Balaban J connectivity index is 1.88. The van der Waals surface area contributed by atoms with Crippen LogP contribution in [-0.2, 0) is 9.59 Å². The third kappa shape index (κ3) is 3.67. The Morgan fingerprint density at radius 3 is 2.12 bits per heavy atom. The number of benzene rings is 2. The fourth-order valence-corrected chi connectivity index (χ4v) is 4.13. The van der Waals surface area contributed by atoms with E-state index >= 15 is 0 Å². The number of nitrogens with zero attached hydrogens (tertiary/aromatic N) is 3. The Morgan fingerprint density at radius 1 is 0.781 bits per heavy atom. The molecule has 0 unspecified atom stereocenters. The average molecular weight is 437 g/mol. The minimum atomic E-state index is -0.417. The van der Waals surface area contributed by atoms with Crippen LogP contribution in [0.15, 0.2) is 48.2 Å². The van der Waals surface area contributed by atoms with Crippen molar-refractivity contribution in [1.29, 1.82) is 0 Å². The summed E-state index contributed by atoms with van der Waals surface area (Å²) in [7, 11) is 6.64. The van der Waals surface area contributed by atoms with E-state index in [9.17, 15) is 9.59 Å². The lowest BCUT2D eigenvalue weighted by atomic mass is 10.0. The van der Waals surface area contributed by atoms with Gasteiger partial charge in [0.2, 0.25) is 0 Å². The van der Waals surface area contributed by atoms with Crippen LogP contribution in [0.25, 0.3) is 5.57 Å². The number of carbonyl (C=O) groups excluding carboxylic acids is 2. The molecule has 0 radical (unpaired) electrons. The third-order valence-corrected chi connectivity index (χ3v) is 5.88. The molecular formula is C24H27N3O5. The van der Waals surface area contributed by atoms with E-state index in [1.807, 2.05) is 30.1 Å². The van der Waals surface area contributed by atoms with Crippen LogP contribution in [0.5, 0.6) is 17.2 Å². The third-order valence-electron chi connectivity index (χ3n) is 5.88. The van der Waals surface area contributed by atoms with Gasteiger partial charge in [-0.05, 0) is 25.2 Å². The van der Waals surface area contributed by atoms with Gasteiger partial charge in [0.25, 0.3) is 11.8 Å². The van der Waals surface area contributed by atoms with E-state index in [4.69, 9.17) is 14.2 Å². The number of amides is 2. The second-order valence-corrected chi connectivity index (χ2v) is 7.70. The van der Waals surface area contributed by atoms with Gasteiger partial charge >= 0.3 is 0 Å². The number of anilines is 1. The average Bonchev–Trinajstić information content (AvgIpc) is 3.08. The van der Waals surface area contributed by atoms with Crippen molar-refractivity contribution in [1.82, 2.24) is 9.80 Å². The second kappa shape index (κ2) is 8.92. The number of likely N-dealkylation sites (N-methyl/N-ethyl adjacent to an activating group) is 1. The first-order chi connectivity index (χ1) is 15.5. The largest absolute Gasteiger partial charge is 0.497 e. The molecule has 2 aromatic rings. The fraction of sp³-hybridized carbons (Fsp3) is 0.333. The van der Waals surface area contributed by atoms with Crippen LogP contribution in [-0.4, -0.2) is 76.2 Å². The summed E-state index contributed by atoms with van der Waals surface area (Å²) in [5, 5.41) is 0. The molecule has 2 aliphatic rings. The van der Waals surface area contributed by atoms with Crippen LogP contribution in [0.1, 0.15) is 5.56 Å². The standard InChI is InChI=1S/C24H27N3O5/c1-25-11-13-26(14-12-25)22-21(17-7-5-6-8-19(17)31-3)23(28)27(24(22)29)18-15-16(30-2)9-10-20(18)32-4/h5-10,15H,11-14H2,1-4H3. The summed E-state index contributed by atoms with van der Waals surface area (Å²) in [6.45, 7) is 2.89. The maximum atomic E-state index is 13.8. The summed E-state index contributed by atoms with van der Waals surface area (Å²) in [5.41, 5.74) is 1.66. The first-order valence-corrected chi connectivity index (χ1v) is 10.4. The molecule has 8 nitrogen and oxygen atoms in total. The molecule has 0 saturated carbocycles. The Labute approximate surface area is 187 Å². The van der Waals surface area contributed by atoms with Crippen LogP contribution in [0.3, 0.4) is 0 Å². The van der Waals surface area contributed by atoms with Crippen LogP contribution < -0.4 is 19.1 Å². The smallest absolute Gasteiger partial charge is 0.282 e. The van der Waals surface area contributed by atoms with Crippen molar-refractivity contribution >= 4 is 23.1 Å². The highest BCUT2D eigenvalue weighted by molar-refractivity contribution is 6.46. The molecule has 2 aliphatic heterocycles. The van der Waals surface area contributed by atoms with E-state index in [2.05, 4.69) is 4.90 Å². The van der Waals surface area contributed by atoms with Gasteiger partial charge in [-0.25, -0.2) is 4.90 Å². The second-order valence-electron chi connectivity index (χ2n) is 7.70. The summed E-state index contributed by atoms with van der Waals surface area (Å²) in [6, 6.07) is 12.3. The first-order valence-electron chi connectivity index (χ1n) is 10.4. The predicted octanol–water partition coefficient (Wildman–Crippen LogP) is 2.24. The number of rotatable bonds is 6. The Kier molecular flexibility index (Phi) is 6.05. The van der Waals surface area contributed by atoms with Crippen molar-refractivity contribution in [2.75, 3.05) is 59.5 Å². The Morgan fingerprint density at radius 2 is 1.47 bits per heavy atom. The van der Waals surface area contributed by atoms with Gasteiger partial charge in [-0.3, -0.25) is 9.59 Å². The molecule has 0 N–H and O–H groups in total. The monoisotopic (exact) mass is 437 g/mol. The minimum Gasteiger partial charge on any atom is -0.497 e. The van der Waals surface area contributed by atoms with E-state index in [1.54, 1.807) is 31.4 Å². The van der Waals surface area contributed by atoms with Crippen molar-refractivity contribution in [2.45, 2.75) is 0 Å². The van der Waals surface area contributed by atoms with Crippen molar-refractivity contribution in [2.24, 2.45) is 0 Å². The van der Waals surface area contributed by atoms with E-state index < -0.39 is 5.91 Å². The zero-order valence-electron chi connectivity index (χ0n) is 18.8. The lowest BCUT2D eigenvalue weighted by Crippen LogP contribution is -2.46. The van der Waals surface area contributed by atoms with Gasteiger partial charge in [-0.15, -0.1) is 0 Å². The van der Waals surface area contributed by atoms with Gasteiger partial charge in [-0.1, -0.05) is 18.2 Å². The number of hydrogen-bond acceptors (Lipinski definition) is 7. The van der Waals surface area contributed by atoms with Gasteiger partial charge in [0.15, 0.2) is 0 Å². The van der Waals surface area contributed by atoms with Crippen molar-refractivity contribution in [3.8, 4) is 17.2 Å². The number of imide groups is 1. The highest BCUT2D eigenvalue weighted by Gasteiger charge is 2.44. The zero-order valence-corrected chi connectivity index (χ0v) is 18.8. The molecule has 32 heavy (non-hydrogen) atoms. The van der Waals surface area contributed by atoms with Gasteiger partial charge in [0.1, 0.15) is 22.9 Å². The van der Waals surface area contributed by atoms with E-state index in [0.717, 1.165) is 13.1 Å².